The third-order valence-electron chi connectivity index (χ3n) is 3.27. The molecule has 1 aliphatic rings. The SMILES string of the molecule is [2H][C@@]1(n2ccc(NO)nc2=O)O[C@H](COC(=O)[C@@H](N)C[SeH])[C@@H](O)[C@H]1O. The van der Waals surface area contributed by atoms with Gasteiger partial charge in [-0.2, -0.15) is 0 Å². The molecule has 0 unspecified atom stereocenters. The Hall–Kier alpha value is -1.53. The molecule has 0 aromatic carbocycles. The van der Waals surface area contributed by atoms with Crippen molar-refractivity contribution in [2.24, 2.45) is 5.73 Å². The summed E-state index contributed by atoms with van der Waals surface area (Å²) < 4.78 is 19.0. The van der Waals surface area contributed by atoms with Crippen molar-refractivity contribution < 1.29 is 31.1 Å². The summed E-state index contributed by atoms with van der Waals surface area (Å²) in [7, 11) is 0. The Kier molecular flexibility index (Phi) is 5.79. The molecule has 2 rings (SSSR count). The number of hydrogen-bond acceptors (Lipinski definition) is 10. The maximum absolute atomic E-state index is 11.9. The molecule has 11 nitrogen and oxygen atoms in total. The number of anilines is 1. The van der Waals surface area contributed by atoms with Crippen LogP contribution < -0.4 is 16.9 Å². The van der Waals surface area contributed by atoms with E-state index in [0.717, 1.165) is 12.3 Å². The predicted octanol–water partition coefficient (Wildman–Crippen LogP) is -3.15. The molecule has 6 N–H and O–H groups in total. The molecule has 1 aromatic heterocycles. The molecule has 0 aliphatic carbocycles. The van der Waals surface area contributed by atoms with Gasteiger partial charge in [0.15, 0.2) is 0 Å². The molecular weight excluding hydrogens is 391 g/mol. The zero-order chi connectivity index (χ0) is 18.8. The first-order valence-electron chi connectivity index (χ1n) is 7.32. The van der Waals surface area contributed by atoms with Crippen molar-refractivity contribution in [2.45, 2.75) is 35.9 Å². The fourth-order valence-corrected chi connectivity index (χ4v) is 2.27. The molecule has 1 aromatic rings. The first kappa shape index (κ1) is 17.3. The standard InChI is InChI=1S/C12H18N4O7Se/c13-5(4-24)11(19)22-3-6-8(17)9(18)10(23-6)16-2-1-7(15-21)14-12(16)20/h1-2,5-6,8-10,17-18,21,24H,3-4,13H2,(H,14,15,20)/t5-,6+,8+,9+,10+/m0/s1/i10D. The summed E-state index contributed by atoms with van der Waals surface area (Å²) in [6.07, 6.45) is -6.01. The van der Waals surface area contributed by atoms with Crippen molar-refractivity contribution in [1.82, 2.24) is 9.55 Å². The van der Waals surface area contributed by atoms with Gasteiger partial charge >= 0.3 is 134 Å². The number of carbonyl (C=O) groups is 1. The van der Waals surface area contributed by atoms with Gasteiger partial charge in [-0.25, -0.2) is 0 Å². The molecule has 12 heteroatoms. The van der Waals surface area contributed by atoms with E-state index in [-0.39, 0.29) is 11.1 Å². The second kappa shape index (κ2) is 8.03. The van der Waals surface area contributed by atoms with E-state index in [0.29, 0.717) is 4.57 Å². The Labute approximate surface area is 145 Å². The third-order valence-corrected chi connectivity index (χ3v) is 4.10. The van der Waals surface area contributed by atoms with Crippen LogP contribution in [0.1, 0.15) is 7.57 Å². The minimum atomic E-state index is -2.39. The topological polar surface area (TPSA) is 169 Å². The van der Waals surface area contributed by atoms with Crippen LogP contribution in [-0.4, -0.2) is 77.9 Å². The predicted molar refractivity (Wildman–Crippen MR) is 80.7 cm³/mol. The number of nitrogens with zero attached hydrogens (tertiary/aromatic N) is 2. The van der Waals surface area contributed by atoms with Gasteiger partial charge in [0.2, 0.25) is 0 Å². The molecular formula is C12H18N4O7Se. The van der Waals surface area contributed by atoms with Gasteiger partial charge in [-0.1, -0.05) is 0 Å². The van der Waals surface area contributed by atoms with Crippen LogP contribution in [0.5, 0.6) is 0 Å². The van der Waals surface area contributed by atoms with E-state index >= 15 is 0 Å². The summed E-state index contributed by atoms with van der Waals surface area (Å²) in [5.41, 5.74) is 6.15. The van der Waals surface area contributed by atoms with Crippen LogP contribution in [0.4, 0.5) is 5.82 Å². The molecule has 1 aliphatic heterocycles. The molecule has 0 saturated carbocycles. The molecule has 0 spiro atoms. The number of hydrogen-bond donors (Lipinski definition) is 5. The van der Waals surface area contributed by atoms with Crippen LogP contribution in [0, 0.1) is 0 Å². The molecule has 24 heavy (non-hydrogen) atoms. The van der Waals surface area contributed by atoms with Gasteiger partial charge in [0.25, 0.3) is 0 Å². The fraction of sp³-hybridized carbons (Fsp3) is 0.583. The summed E-state index contributed by atoms with van der Waals surface area (Å²) >= 11 is 2.13. The summed E-state index contributed by atoms with van der Waals surface area (Å²) in [6.45, 7) is -0.461. The molecule has 2 heterocycles. The monoisotopic (exact) mass is 411 g/mol. The van der Waals surface area contributed by atoms with Gasteiger partial charge < -0.3 is 0 Å². The number of aromatic nitrogens is 2. The van der Waals surface area contributed by atoms with Gasteiger partial charge in [-0.05, 0) is 0 Å². The number of ether oxygens (including phenoxy) is 2. The average molecular weight is 410 g/mol. The molecule has 134 valence electrons. The zero-order valence-corrected chi connectivity index (χ0v) is 14.1. The van der Waals surface area contributed by atoms with E-state index in [1.807, 2.05) is 0 Å². The number of aliphatic hydroxyl groups is 2. The van der Waals surface area contributed by atoms with E-state index in [4.69, 9.17) is 21.8 Å². The fourth-order valence-electron chi connectivity index (χ4n) is 1.95. The van der Waals surface area contributed by atoms with Crippen molar-refractivity contribution in [2.75, 3.05) is 12.1 Å². The quantitative estimate of drug-likeness (QED) is 0.183. The van der Waals surface area contributed by atoms with Crippen LogP contribution in [0.25, 0.3) is 0 Å². The molecule has 5 atom stereocenters. The Balaban J connectivity index is 2.18. The third kappa shape index (κ3) is 3.92. The van der Waals surface area contributed by atoms with Crippen molar-refractivity contribution in [3.8, 4) is 0 Å². The van der Waals surface area contributed by atoms with E-state index in [1.165, 1.54) is 0 Å². The zero-order valence-electron chi connectivity index (χ0n) is 13.3. The number of carbonyl (C=O) groups excluding carboxylic acids is 1. The Morgan fingerprint density at radius 2 is 2.33 bits per heavy atom. The van der Waals surface area contributed by atoms with Gasteiger partial charge in [-0.15, -0.1) is 0 Å². The van der Waals surface area contributed by atoms with Crippen LogP contribution >= 0.6 is 0 Å². The second-order valence-electron chi connectivity index (χ2n) is 4.93. The van der Waals surface area contributed by atoms with Gasteiger partial charge in [-0.3, -0.25) is 10.7 Å². The summed E-state index contributed by atoms with van der Waals surface area (Å²) in [5, 5.41) is 29.2. The first-order chi connectivity index (χ1) is 11.7. The molecule has 0 amide bonds. The Bertz CT molecular complexity index is 692. The van der Waals surface area contributed by atoms with Crippen molar-refractivity contribution in [3.63, 3.8) is 0 Å². The van der Waals surface area contributed by atoms with Crippen LogP contribution in [0.2, 0.25) is 5.32 Å². The first-order valence-corrected chi connectivity index (χ1v) is 8.14. The van der Waals surface area contributed by atoms with Gasteiger partial charge in [0, 0.05) is 0 Å². The summed E-state index contributed by atoms with van der Waals surface area (Å²) in [6, 6.07) is 0.293. The molecule has 1 saturated heterocycles. The van der Waals surface area contributed by atoms with Crippen LogP contribution in [0.3, 0.4) is 0 Å². The van der Waals surface area contributed by atoms with E-state index in [2.05, 4.69) is 21.0 Å². The number of rotatable bonds is 6. The van der Waals surface area contributed by atoms with Crippen LogP contribution in [0.15, 0.2) is 17.1 Å². The Morgan fingerprint density at radius 1 is 1.62 bits per heavy atom. The summed E-state index contributed by atoms with van der Waals surface area (Å²) in [5.74, 6) is -0.902. The maximum atomic E-state index is 11.9. The molecule has 1 fully saturated rings. The number of nitrogens with one attached hydrogen (secondary N) is 1. The minimum absolute atomic E-state index is 0.171. The molecule has 0 radical (unpaired) electrons. The Morgan fingerprint density at radius 3 is 2.92 bits per heavy atom. The van der Waals surface area contributed by atoms with E-state index in [9.17, 15) is 19.8 Å². The summed E-state index contributed by atoms with van der Waals surface area (Å²) in [4.78, 5) is 26.9. The van der Waals surface area contributed by atoms with Gasteiger partial charge in [0.1, 0.15) is 0 Å². The van der Waals surface area contributed by atoms with Gasteiger partial charge in [0.05, 0.1) is 0 Å². The molecule has 0 bridgehead atoms. The van der Waals surface area contributed by atoms with E-state index < -0.39 is 48.8 Å². The van der Waals surface area contributed by atoms with Crippen molar-refractivity contribution in [3.05, 3.63) is 22.7 Å². The average Bonchev–Trinajstić information content (AvgIpc) is 2.83. The van der Waals surface area contributed by atoms with E-state index in [1.54, 1.807) is 5.48 Å². The van der Waals surface area contributed by atoms with Crippen LogP contribution in [-0.2, 0) is 14.3 Å². The second-order valence-corrected chi connectivity index (χ2v) is 5.69. The number of esters is 1. The van der Waals surface area contributed by atoms with Crippen molar-refractivity contribution >= 4 is 27.8 Å². The number of nitrogens with two attached hydrogens (primary N) is 1. The normalized spacial score (nSPS) is 31.4. The number of aliphatic hydroxyl groups excluding tert-OH is 2. The van der Waals surface area contributed by atoms with Crippen molar-refractivity contribution in [1.29, 1.82) is 0 Å².